The van der Waals surface area contributed by atoms with Crippen molar-refractivity contribution in [3.63, 3.8) is 0 Å². The summed E-state index contributed by atoms with van der Waals surface area (Å²) in [5.41, 5.74) is 3.06. The van der Waals surface area contributed by atoms with Crippen molar-refractivity contribution < 1.29 is 24.5 Å². The van der Waals surface area contributed by atoms with E-state index in [4.69, 9.17) is 16.3 Å². The van der Waals surface area contributed by atoms with E-state index < -0.39 is 12.2 Å². The first-order chi connectivity index (χ1) is 14.0. The molecule has 1 aromatic rings. The number of methoxy groups -OCH3 is 1. The van der Waals surface area contributed by atoms with Crippen molar-refractivity contribution in [2.45, 2.75) is 43.3 Å². The Morgan fingerprint density at radius 2 is 2.10 bits per heavy atom. The number of carbonyl (C=O) groups excluding carboxylic acids is 1. The van der Waals surface area contributed by atoms with Crippen LogP contribution in [0.25, 0.3) is 0 Å². The molecule has 0 unspecified atom stereocenters. The maximum absolute atomic E-state index is 11.1. The first kappa shape index (κ1) is 23.2. The van der Waals surface area contributed by atoms with Crippen molar-refractivity contribution in [2.75, 3.05) is 13.7 Å². The number of para-hydroxylation sites is 1. The van der Waals surface area contributed by atoms with Crippen LogP contribution in [0.15, 0.2) is 60.4 Å². The molecule has 6 heteroatoms. The number of aliphatic hydroxyl groups is 2. The molecule has 1 fully saturated rings. The molecule has 0 spiro atoms. The van der Waals surface area contributed by atoms with E-state index >= 15 is 0 Å². The van der Waals surface area contributed by atoms with Crippen molar-refractivity contribution in [1.82, 2.24) is 0 Å². The van der Waals surface area contributed by atoms with Gasteiger partial charge in [0.1, 0.15) is 18.5 Å². The number of hydrogen-bond donors (Lipinski definition) is 2. The van der Waals surface area contributed by atoms with Crippen LogP contribution >= 0.6 is 11.6 Å². The second-order valence-corrected chi connectivity index (χ2v) is 7.62. The molecule has 158 valence electrons. The quantitative estimate of drug-likeness (QED) is 0.261. The Kier molecular flexibility index (Phi) is 10.0. The second kappa shape index (κ2) is 12.5. The number of aliphatic hydroxyl groups excluding tert-OH is 2. The number of ether oxygens (including phenoxy) is 2. The molecule has 0 saturated heterocycles. The Bertz CT molecular complexity index is 711. The fraction of sp³-hybridized carbons (Fsp3) is 0.478. The van der Waals surface area contributed by atoms with Crippen LogP contribution < -0.4 is 4.74 Å². The SMILES string of the molecule is COC(=O)CCC=C=CC[C@@H]1[C@@H](/C=C/[C@@H](O)COc2ccccc2)[C@H](O)C[C@H]1Cl. The van der Waals surface area contributed by atoms with E-state index in [2.05, 4.69) is 10.5 Å². The Morgan fingerprint density at radius 3 is 2.83 bits per heavy atom. The summed E-state index contributed by atoms with van der Waals surface area (Å²) in [5, 5.41) is 20.3. The highest BCUT2D eigenvalue weighted by atomic mass is 35.5. The molecule has 1 aromatic carbocycles. The number of allylic oxidation sites excluding steroid dienone is 1. The third-order valence-corrected chi connectivity index (χ3v) is 5.44. The largest absolute Gasteiger partial charge is 0.491 e. The van der Waals surface area contributed by atoms with Gasteiger partial charge in [-0.1, -0.05) is 30.4 Å². The molecule has 1 aliphatic carbocycles. The average molecular weight is 421 g/mol. The third kappa shape index (κ3) is 8.08. The molecule has 1 saturated carbocycles. The minimum absolute atomic E-state index is 0.0478. The molecule has 2 N–H and O–H groups in total. The van der Waals surface area contributed by atoms with Crippen molar-refractivity contribution in [3.05, 3.63) is 60.4 Å². The molecule has 0 aromatic heterocycles. The maximum atomic E-state index is 11.1. The van der Waals surface area contributed by atoms with Crippen LogP contribution in [0.2, 0.25) is 0 Å². The van der Waals surface area contributed by atoms with E-state index in [1.54, 1.807) is 12.2 Å². The molecule has 0 heterocycles. The number of esters is 1. The standard InChI is InChI=1S/C23H29ClO5/c1-28-23(27)12-8-3-2-7-11-19-20(22(26)15-21(19)24)14-13-17(25)16-29-18-9-5-4-6-10-18/h3-7,9-10,13-14,17,19-22,25-26H,8,11-12,15-16H2,1H3/b14-13+/t2?,17-,19-,20-,21-,22-/m1/s1. The lowest BCUT2D eigenvalue weighted by molar-refractivity contribution is -0.140. The van der Waals surface area contributed by atoms with Gasteiger partial charge in [-0.3, -0.25) is 4.79 Å². The summed E-state index contributed by atoms with van der Waals surface area (Å²) in [6.07, 6.45) is 7.92. The summed E-state index contributed by atoms with van der Waals surface area (Å²) in [4.78, 5) is 11.1. The third-order valence-electron chi connectivity index (χ3n) is 4.94. The highest BCUT2D eigenvalue weighted by Crippen LogP contribution is 2.39. The van der Waals surface area contributed by atoms with Crippen LogP contribution in [-0.2, 0) is 9.53 Å². The fourth-order valence-electron chi connectivity index (χ4n) is 3.34. The van der Waals surface area contributed by atoms with E-state index in [0.717, 1.165) is 0 Å². The van der Waals surface area contributed by atoms with Gasteiger partial charge < -0.3 is 19.7 Å². The van der Waals surface area contributed by atoms with Crippen LogP contribution in [0.3, 0.4) is 0 Å². The molecule has 2 rings (SSSR count). The zero-order chi connectivity index (χ0) is 21.1. The highest BCUT2D eigenvalue weighted by Gasteiger charge is 2.39. The van der Waals surface area contributed by atoms with Crippen molar-refractivity contribution in [3.8, 4) is 5.75 Å². The summed E-state index contributed by atoms with van der Waals surface area (Å²) in [5.74, 6) is 0.357. The minimum atomic E-state index is -0.772. The van der Waals surface area contributed by atoms with E-state index in [-0.39, 0.29) is 29.8 Å². The lowest BCUT2D eigenvalue weighted by Gasteiger charge is -2.19. The molecule has 0 bridgehead atoms. The van der Waals surface area contributed by atoms with Crippen molar-refractivity contribution >= 4 is 17.6 Å². The number of hydrogen-bond acceptors (Lipinski definition) is 5. The van der Waals surface area contributed by atoms with Gasteiger partial charge >= 0.3 is 5.97 Å². The summed E-state index contributed by atoms with van der Waals surface area (Å²) in [7, 11) is 1.37. The molecule has 29 heavy (non-hydrogen) atoms. The number of benzene rings is 1. The van der Waals surface area contributed by atoms with E-state index in [9.17, 15) is 15.0 Å². The number of halogens is 1. The Hall–Kier alpha value is -2.04. The summed E-state index contributed by atoms with van der Waals surface area (Å²) < 4.78 is 10.1. The zero-order valence-corrected chi connectivity index (χ0v) is 17.4. The number of carbonyl (C=O) groups is 1. The van der Waals surface area contributed by atoms with Crippen molar-refractivity contribution in [2.24, 2.45) is 11.8 Å². The second-order valence-electron chi connectivity index (χ2n) is 7.06. The number of alkyl halides is 1. The zero-order valence-electron chi connectivity index (χ0n) is 16.6. The normalized spacial score (nSPS) is 24.7. The molecule has 0 radical (unpaired) electrons. The van der Waals surface area contributed by atoms with E-state index in [1.807, 2.05) is 42.5 Å². The van der Waals surface area contributed by atoms with Crippen molar-refractivity contribution in [1.29, 1.82) is 0 Å². The molecule has 5 atom stereocenters. The molecular weight excluding hydrogens is 392 g/mol. The van der Waals surface area contributed by atoms with Gasteiger partial charge in [0, 0.05) is 17.7 Å². The average Bonchev–Trinajstić information content (AvgIpc) is 3.00. The van der Waals surface area contributed by atoms with Gasteiger partial charge in [-0.2, -0.15) is 0 Å². The molecule has 0 amide bonds. The van der Waals surface area contributed by atoms with E-state index in [1.165, 1.54) is 7.11 Å². The molecule has 0 aliphatic heterocycles. The monoisotopic (exact) mass is 420 g/mol. The van der Waals surface area contributed by atoms with Gasteiger partial charge in [-0.05, 0) is 49.5 Å². The van der Waals surface area contributed by atoms with Gasteiger partial charge in [-0.25, -0.2) is 0 Å². The minimum Gasteiger partial charge on any atom is -0.491 e. The predicted octanol–water partition coefficient (Wildman–Crippen LogP) is 3.64. The first-order valence-corrected chi connectivity index (χ1v) is 10.3. The lowest BCUT2D eigenvalue weighted by atomic mass is 9.91. The van der Waals surface area contributed by atoms with E-state index in [0.29, 0.717) is 31.4 Å². The van der Waals surface area contributed by atoms with Crippen LogP contribution in [0.1, 0.15) is 25.7 Å². The smallest absolute Gasteiger partial charge is 0.305 e. The van der Waals surface area contributed by atoms with Crippen LogP contribution in [-0.4, -0.2) is 47.5 Å². The fourth-order valence-corrected chi connectivity index (χ4v) is 3.79. The van der Waals surface area contributed by atoms with Gasteiger partial charge in [-0.15, -0.1) is 17.3 Å². The van der Waals surface area contributed by atoms with Gasteiger partial charge in [0.15, 0.2) is 0 Å². The van der Waals surface area contributed by atoms with Crippen LogP contribution in [0, 0.1) is 11.8 Å². The van der Waals surface area contributed by atoms with Crippen LogP contribution in [0.5, 0.6) is 5.75 Å². The molecule has 1 aliphatic rings. The number of rotatable bonds is 10. The molecular formula is C23H29ClO5. The highest BCUT2D eigenvalue weighted by molar-refractivity contribution is 6.21. The van der Waals surface area contributed by atoms with Gasteiger partial charge in [0.2, 0.25) is 0 Å². The predicted molar refractivity (Wildman–Crippen MR) is 113 cm³/mol. The van der Waals surface area contributed by atoms with Crippen LogP contribution in [0.4, 0.5) is 0 Å². The summed E-state index contributed by atoms with van der Waals surface area (Å²) in [6, 6.07) is 9.30. The Balaban J connectivity index is 1.85. The Labute approximate surface area is 177 Å². The first-order valence-electron chi connectivity index (χ1n) is 9.83. The maximum Gasteiger partial charge on any atom is 0.305 e. The summed E-state index contributed by atoms with van der Waals surface area (Å²) in [6.45, 7) is 0.140. The molecule has 5 nitrogen and oxygen atoms in total. The lowest BCUT2D eigenvalue weighted by Crippen LogP contribution is -2.20. The van der Waals surface area contributed by atoms with Gasteiger partial charge in [0.05, 0.1) is 13.2 Å². The topological polar surface area (TPSA) is 76.0 Å². The summed E-state index contributed by atoms with van der Waals surface area (Å²) >= 11 is 6.42. The Morgan fingerprint density at radius 1 is 1.34 bits per heavy atom. The van der Waals surface area contributed by atoms with Gasteiger partial charge in [0.25, 0.3) is 0 Å².